The van der Waals surface area contributed by atoms with Crippen LogP contribution in [0.1, 0.15) is 29.4 Å². The van der Waals surface area contributed by atoms with Gasteiger partial charge in [-0.1, -0.05) is 0 Å². The lowest BCUT2D eigenvalue weighted by Crippen LogP contribution is -2.38. The highest BCUT2D eigenvalue weighted by Crippen LogP contribution is 2.40. The van der Waals surface area contributed by atoms with E-state index in [0.29, 0.717) is 10.6 Å². The summed E-state index contributed by atoms with van der Waals surface area (Å²) in [5, 5.41) is 0.891. The number of pyridine rings is 1. The molecule has 0 saturated carbocycles. The minimum absolute atomic E-state index is 0.0305. The predicted molar refractivity (Wildman–Crippen MR) is 88.2 cm³/mol. The number of nitrogen functional groups attached to an aromatic ring is 1. The summed E-state index contributed by atoms with van der Waals surface area (Å²) in [5.41, 5.74) is 13.0. The molecule has 2 aromatic heterocycles. The Hall–Kier alpha value is -2.15. The van der Waals surface area contributed by atoms with Crippen LogP contribution in [0.25, 0.3) is 10.1 Å². The number of Topliss-reactive ketones (excluding diaryl/α,β-unsaturated/α-hetero) is 1. The molecule has 3 heterocycles. The average molecular weight is 318 g/mol. The van der Waals surface area contributed by atoms with Crippen molar-refractivity contribution in [1.29, 1.82) is 0 Å². The van der Waals surface area contributed by atoms with Gasteiger partial charge in [-0.3, -0.25) is 14.6 Å². The van der Waals surface area contributed by atoms with Crippen LogP contribution in [0.15, 0.2) is 12.4 Å². The number of rotatable bonds is 3. The highest BCUT2D eigenvalue weighted by Gasteiger charge is 2.26. The summed E-state index contributed by atoms with van der Waals surface area (Å²) >= 11 is 1.38. The van der Waals surface area contributed by atoms with Crippen molar-refractivity contribution in [2.45, 2.75) is 19.8 Å². The molecule has 0 radical (unpaired) electrons. The minimum atomic E-state index is -0.232. The fourth-order valence-electron chi connectivity index (χ4n) is 2.96. The molecular formula is C15H18N4O2S. The van der Waals surface area contributed by atoms with Gasteiger partial charge in [0.25, 0.3) is 0 Å². The summed E-state index contributed by atoms with van der Waals surface area (Å²) in [5.74, 6) is -0.321. The van der Waals surface area contributed by atoms with Crippen molar-refractivity contribution in [1.82, 2.24) is 4.98 Å². The van der Waals surface area contributed by atoms with Crippen LogP contribution in [0, 0.1) is 5.92 Å². The molecular weight excluding hydrogens is 300 g/mol. The smallest absolute Gasteiger partial charge is 0.220 e. The first-order valence-electron chi connectivity index (χ1n) is 7.20. The topological polar surface area (TPSA) is 102 Å². The van der Waals surface area contributed by atoms with Crippen LogP contribution in [0.5, 0.6) is 0 Å². The molecule has 0 aliphatic carbocycles. The molecule has 0 spiro atoms. The zero-order chi connectivity index (χ0) is 15.9. The summed E-state index contributed by atoms with van der Waals surface area (Å²) in [7, 11) is 0. The van der Waals surface area contributed by atoms with E-state index < -0.39 is 0 Å². The molecule has 1 aliphatic heterocycles. The maximum absolute atomic E-state index is 11.7. The largest absolute Gasteiger partial charge is 0.397 e. The molecule has 22 heavy (non-hydrogen) atoms. The van der Waals surface area contributed by atoms with Gasteiger partial charge in [0.2, 0.25) is 5.91 Å². The number of carbonyl (C=O) groups excluding carboxylic acids is 2. The van der Waals surface area contributed by atoms with Gasteiger partial charge in [-0.25, -0.2) is 0 Å². The van der Waals surface area contributed by atoms with E-state index in [1.165, 1.54) is 18.3 Å². The van der Waals surface area contributed by atoms with Crippen LogP contribution in [0.2, 0.25) is 0 Å². The lowest BCUT2D eigenvalue weighted by Gasteiger charge is -2.32. The first-order chi connectivity index (χ1) is 10.5. The van der Waals surface area contributed by atoms with Gasteiger partial charge in [0.05, 0.1) is 27.1 Å². The maximum atomic E-state index is 11.7. The maximum Gasteiger partial charge on any atom is 0.220 e. The van der Waals surface area contributed by atoms with Crippen molar-refractivity contribution in [3.8, 4) is 0 Å². The Labute approximate surface area is 132 Å². The molecule has 0 atom stereocenters. The molecule has 1 fully saturated rings. The Kier molecular flexibility index (Phi) is 3.74. The van der Waals surface area contributed by atoms with E-state index in [1.807, 2.05) is 0 Å². The van der Waals surface area contributed by atoms with Crippen molar-refractivity contribution in [2.24, 2.45) is 11.7 Å². The van der Waals surface area contributed by atoms with Crippen LogP contribution in [0.4, 0.5) is 11.4 Å². The second-order valence-corrected chi connectivity index (χ2v) is 6.65. The third-order valence-electron chi connectivity index (χ3n) is 4.17. The van der Waals surface area contributed by atoms with E-state index in [-0.39, 0.29) is 17.6 Å². The van der Waals surface area contributed by atoms with Gasteiger partial charge >= 0.3 is 0 Å². The number of hydrogen-bond donors (Lipinski definition) is 2. The fourth-order valence-corrected chi connectivity index (χ4v) is 3.97. The van der Waals surface area contributed by atoms with E-state index in [0.717, 1.165) is 41.7 Å². The number of nitrogens with two attached hydrogens (primary N) is 2. The Morgan fingerprint density at radius 2 is 2.00 bits per heavy atom. The standard InChI is InChI=1S/C15H18N4O2S/c1-8(20)14-13(16)12-10(6-18-7-11(12)22-14)19-4-2-9(3-5-19)15(17)21/h6-7,9H,2-5,16H2,1H3,(H2,17,21). The summed E-state index contributed by atoms with van der Waals surface area (Å²) in [6.45, 7) is 2.99. The van der Waals surface area contributed by atoms with E-state index >= 15 is 0 Å². The van der Waals surface area contributed by atoms with E-state index in [4.69, 9.17) is 11.5 Å². The van der Waals surface area contributed by atoms with Gasteiger partial charge in [0.1, 0.15) is 0 Å². The average Bonchev–Trinajstić information content (AvgIpc) is 2.85. The van der Waals surface area contributed by atoms with Gasteiger partial charge in [0, 0.05) is 37.5 Å². The van der Waals surface area contributed by atoms with Gasteiger partial charge < -0.3 is 16.4 Å². The Morgan fingerprint density at radius 3 is 2.59 bits per heavy atom. The van der Waals surface area contributed by atoms with Crippen molar-refractivity contribution in [3.05, 3.63) is 17.3 Å². The summed E-state index contributed by atoms with van der Waals surface area (Å²) in [6, 6.07) is 0. The number of carbonyl (C=O) groups is 2. The van der Waals surface area contributed by atoms with Gasteiger partial charge in [0.15, 0.2) is 5.78 Å². The first-order valence-corrected chi connectivity index (χ1v) is 8.02. The molecule has 116 valence electrons. The molecule has 7 heteroatoms. The van der Waals surface area contributed by atoms with Crippen LogP contribution in [0.3, 0.4) is 0 Å². The van der Waals surface area contributed by atoms with E-state index in [9.17, 15) is 9.59 Å². The van der Waals surface area contributed by atoms with Crippen LogP contribution < -0.4 is 16.4 Å². The lowest BCUT2D eigenvalue weighted by atomic mass is 9.96. The van der Waals surface area contributed by atoms with Crippen molar-refractivity contribution < 1.29 is 9.59 Å². The predicted octanol–water partition coefficient (Wildman–Crippen LogP) is 1.78. The number of piperidine rings is 1. The zero-order valence-corrected chi connectivity index (χ0v) is 13.2. The number of nitrogens with zero attached hydrogens (tertiary/aromatic N) is 2. The Balaban J connectivity index is 1.98. The third-order valence-corrected chi connectivity index (χ3v) is 5.42. The summed E-state index contributed by atoms with van der Waals surface area (Å²) < 4.78 is 0.914. The second kappa shape index (κ2) is 5.57. The Morgan fingerprint density at radius 1 is 1.32 bits per heavy atom. The van der Waals surface area contributed by atoms with E-state index in [2.05, 4.69) is 9.88 Å². The number of primary amides is 1. The van der Waals surface area contributed by atoms with Crippen LogP contribution >= 0.6 is 11.3 Å². The number of aromatic nitrogens is 1. The Bertz CT molecular complexity index is 747. The SMILES string of the molecule is CC(=O)c1sc2cncc(N3CCC(C(N)=O)CC3)c2c1N. The molecule has 4 N–H and O–H groups in total. The molecule has 2 aromatic rings. The molecule has 3 rings (SSSR count). The molecule has 1 saturated heterocycles. The third kappa shape index (κ3) is 2.41. The van der Waals surface area contributed by atoms with Crippen molar-refractivity contribution in [3.63, 3.8) is 0 Å². The zero-order valence-electron chi connectivity index (χ0n) is 12.3. The number of fused-ring (bicyclic) bond motifs is 1. The second-order valence-electron chi connectivity index (χ2n) is 5.60. The molecule has 0 unspecified atom stereocenters. The van der Waals surface area contributed by atoms with E-state index in [1.54, 1.807) is 12.4 Å². The van der Waals surface area contributed by atoms with Gasteiger partial charge in [-0.05, 0) is 12.8 Å². The molecule has 1 amide bonds. The number of anilines is 2. The van der Waals surface area contributed by atoms with Gasteiger partial charge in [-0.15, -0.1) is 11.3 Å². The fraction of sp³-hybridized carbons (Fsp3) is 0.400. The quantitative estimate of drug-likeness (QED) is 0.840. The lowest BCUT2D eigenvalue weighted by molar-refractivity contribution is -0.122. The minimum Gasteiger partial charge on any atom is -0.397 e. The van der Waals surface area contributed by atoms with Gasteiger partial charge in [-0.2, -0.15) is 0 Å². The number of thiophene rings is 1. The van der Waals surface area contributed by atoms with Crippen LogP contribution in [-0.2, 0) is 4.79 Å². The number of hydrogen-bond acceptors (Lipinski definition) is 6. The van der Waals surface area contributed by atoms with Crippen LogP contribution in [-0.4, -0.2) is 29.8 Å². The number of ketones is 1. The summed E-state index contributed by atoms with van der Waals surface area (Å²) in [6.07, 6.45) is 4.98. The van der Waals surface area contributed by atoms with Crippen molar-refractivity contribution in [2.75, 3.05) is 23.7 Å². The highest BCUT2D eigenvalue weighted by molar-refractivity contribution is 7.21. The molecule has 0 aromatic carbocycles. The molecule has 6 nitrogen and oxygen atoms in total. The normalized spacial score (nSPS) is 16.1. The number of amides is 1. The molecule has 1 aliphatic rings. The first kappa shape index (κ1) is 14.8. The summed E-state index contributed by atoms with van der Waals surface area (Å²) in [4.78, 5) is 30.0. The van der Waals surface area contributed by atoms with Crippen molar-refractivity contribution >= 4 is 44.5 Å². The molecule has 0 bridgehead atoms. The highest BCUT2D eigenvalue weighted by atomic mass is 32.1. The monoisotopic (exact) mass is 318 g/mol.